The van der Waals surface area contributed by atoms with Gasteiger partial charge in [-0.3, -0.25) is 9.89 Å². The molecule has 0 aliphatic carbocycles. The molecule has 0 saturated carbocycles. The number of aromatic nitrogens is 2. The van der Waals surface area contributed by atoms with Crippen LogP contribution < -0.4 is 4.90 Å². The molecule has 1 saturated heterocycles. The number of anilines is 1. The average molecular weight is 405 g/mol. The standard InChI is InChI=1S/C20H28N4O3S/c1-14(2)28(26,27)18-7-5-17(6-8-18)13-19(25)23-9-11-24(12-10-23)20-15(3)21-22-16(20)4/h5-8,14H,9-13H2,1-4H3,(H,21,22). The number of aromatic amines is 1. The van der Waals surface area contributed by atoms with Gasteiger partial charge < -0.3 is 9.80 Å². The Kier molecular flexibility index (Phi) is 5.79. The molecule has 1 amide bonds. The van der Waals surface area contributed by atoms with Gasteiger partial charge in [-0.15, -0.1) is 0 Å². The quantitative estimate of drug-likeness (QED) is 0.825. The van der Waals surface area contributed by atoms with Gasteiger partial charge in [-0.05, 0) is 45.4 Å². The molecule has 0 unspecified atom stereocenters. The Hall–Kier alpha value is -2.35. The van der Waals surface area contributed by atoms with Crippen molar-refractivity contribution in [1.82, 2.24) is 15.1 Å². The second-order valence-electron chi connectivity index (χ2n) is 7.56. The lowest BCUT2D eigenvalue weighted by Crippen LogP contribution is -2.49. The molecule has 0 spiro atoms. The number of carbonyl (C=O) groups excluding carboxylic acids is 1. The largest absolute Gasteiger partial charge is 0.365 e. The summed E-state index contributed by atoms with van der Waals surface area (Å²) in [6.45, 7) is 10.2. The number of rotatable bonds is 5. The van der Waals surface area contributed by atoms with E-state index in [9.17, 15) is 13.2 Å². The van der Waals surface area contributed by atoms with Crippen LogP contribution in [-0.2, 0) is 21.1 Å². The second kappa shape index (κ2) is 7.95. The molecule has 7 nitrogen and oxygen atoms in total. The molecule has 1 aromatic carbocycles. The van der Waals surface area contributed by atoms with Crippen LogP contribution in [0.2, 0.25) is 0 Å². The van der Waals surface area contributed by atoms with Crippen LogP contribution in [0.15, 0.2) is 29.2 Å². The van der Waals surface area contributed by atoms with Gasteiger partial charge in [0.15, 0.2) is 9.84 Å². The molecule has 3 rings (SSSR count). The highest BCUT2D eigenvalue weighted by Crippen LogP contribution is 2.23. The summed E-state index contributed by atoms with van der Waals surface area (Å²) in [7, 11) is -3.29. The number of benzene rings is 1. The number of piperazine rings is 1. The van der Waals surface area contributed by atoms with E-state index in [4.69, 9.17) is 0 Å². The third kappa shape index (κ3) is 4.06. The maximum Gasteiger partial charge on any atom is 0.227 e. The van der Waals surface area contributed by atoms with Crippen molar-refractivity contribution in [1.29, 1.82) is 0 Å². The Morgan fingerprint density at radius 1 is 1.11 bits per heavy atom. The second-order valence-corrected chi connectivity index (χ2v) is 10.1. The molecule has 2 aromatic rings. The van der Waals surface area contributed by atoms with E-state index < -0.39 is 15.1 Å². The third-order valence-electron chi connectivity index (χ3n) is 5.27. The summed E-state index contributed by atoms with van der Waals surface area (Å²) in [5.41, 5.74) is 3.99. The molecule has 152 valence electrons. The van der Waals surface area contributed by atoms with E-state index in [0.29, 0.717) is 18.0 Å². The van der Waals surface area contributed by atoms with Crippen LogP contribution in [0, 0.1) is 13.8 Å². The van der Waals surface area contributed by atoms with Gasteiger partial charge in [-0.25, -0.2) is 8.42 Å². The van der Waals surface area contributed by atoms with Crippen molar-refractivity contribution in [3.63, 3.8) is 0 Å². The van der Waals surface area contributed by atoms with Gasteiger partial charge in [0.25, 0.3) is 0 Å². The van der Waals surface area contributed by atoms with E-state index in [1.54, 1.807) is 38.1 Å². The topological polar surface area (TPSA) is 86.4 Å². The number of hydrogen-bond acceptors (Lipinski definition) is 5. The highest BCUT2D eigenvalue weighted by atomic mass is 32.2. The van der Waals surface area contributed by atoms with Gasteiger partial charge in [0.2, 0.25) is 5.91 Å². The average Bonchev–Trinajstić information content (AvgIpc) is 3.00. The first-order chi connectivity index (χ1) is 13.2. The lowest BCUT2D eigenvalue weighted by Gasteiger charge is -2.36. The fourth-order valence-corrected chi connectivity index (χ4v) is 4.61. The Morgan fingerprint density at radius 2 is 1.71 bits per heavy atom. The Labute approximate surface area is 166 Å². The number of sulfone groups is 1. The zero-order valence-electron chi connectivity index (χ0n) is 16.9. The Bertz CT molecular complexity index is 921. The molecular weight excluding hydrogens is 376 g/mol. The van der Waals surface area contributed by atoms with Crippen LogP contribution >= 0.6 is 0 Å². The van der Waals surface area contributed by atoms with Gasteiger partial charge in [0, 0.05) is 26.2 Å². The molecule has 0 atom stereocenters. The van der Waals surface area contributed by atoms with Crippen molar-refractivity contribution < 1.29 is 13.2 Å². The third-order valence-corrected chi connectivity index (χ3v) is 7.44. The van der Waals surface area contributed by atoms with Crippen molar-refractivity contribution in [3.8, 4) is 0 Å². The predicted molar refractivity (Wildman–Crippen MR) is 109 cm³/mol. The van der Waals surface area contributed by atoms with E-state index >= 15 is 0 Å². The van der Waals surface area contributed by atoms with Crippen LogP contribution in [0.4, 0.5) is 5.69 Å². The minimum atomic E-state index is -3.29. The van der Waals surface area contributed by atoms with E-state index in [-0.39, 0.29) is 12.3 Å². The highest BCUT2D eigenvalue weighted by Gasteiger charge is 2.24. The van der Waals surface area contributed by atoms with Crippen molar-refractivity contribution in [3.05, 3.63) is 41.2 Å². The summed E-state index contributed by atoms with van der Waals surface area (Å²) in [5.74, 6) is 0.0692. The molecule has 1 aliphatic rings. The van der Waals surface area contributed by atoms with Gasteiger partial charge in [-0.2, -0.15) is 5.10 Å². The minimum Gasteiger partial charge on any atom is -0.365 e. The van der Waals surface area contributed by atoms with E-state index in [1.807, 2.05) is 18.7 Å². The normalized spacial score (nSPS) is 15.3. The fraction of sp³-hybridized carbons (Fsp3) is 0.500. The summed E-state index contributed by atoms with van der Waals surface area (Å²) in [4.78, 5) is 17.1. The summed E-state index contributed by atoms with van der Waals surface area (Å²) < 4.78 is 24.4. The first-order valence-corrected chi connectivity index (χ1v) is 11.1. The van der Waals surface area contributed by atoms with Crippen molar-refractivity contribution >= 4 is 21.4 Å². The molecule has 0 bridgehead atoms. The van der Waals surface area contributed by atoms with Crippen LogP contribution in [0.25, 0.3) is 0 Å². The number of carbonyl (C=O) groups is 1. The molecule has 1 N–H and O–H groups in total. The maximum atomic E-state index is 12.7. The summed E-state index contributed by atoms with van der Waals surface area (Å²) in [5, 5.41) is 6.79. The fourth-order valence-electron chi connectivity index (χ4n) is 3.55. The molecule has 2 heterocycles. The van der Waals surface area contributed by atoms with Crippen molar-refractivity contribution in [2.45, 2.75) is 44.3 Å². The Balaban J connectivity index is 1.59. The number of hydrogen-bond donors (Lipinski definition) is 1. The van der Waals surface area contributed by atoms with Crippen LogP contribution in [0.5, 0.6) is 0 Å². The van der Waals surface area contributed by atoms with Gasteiger partial charge in [0.05, 0.1) is 33.6 Å². The number of nitrogens with one attached hydrogen (secondary N) is 1. The summed E-state index contributed by atoms with van der Waals surface area (Å²) in [6.07, 6.45) is 0.284. The predicted octanol–water partition coefficient (Wildman–Crippen LogP) is 2.10. The van der Waals surface area contributed by atoms with Crippen molar-refractivity contribution in [2.75, 3.05) is 31.1 Å². The van der Waals surface area contributed by atoms with E-state index in [1.165, 1.54) is 0 Å². The first-order valence-electron chi connectivity index (χ1n) is 9.57. The molecule has 28 heavy (non-hydrogen) atoms. The summed E-state index contributed by atoms with van der Waals surface area (Å²) >= 11 is 0. The zero-order valence-corrected chi connectivity index (χ0v) is 17.7. The smallest absolute Gasteiger partial charge is 0.227 e. The Morgan fingerprint density at radius 3 is 2.21 bits per heavy atom. The van der Waals surface area contributed by atoms with Crippen LogP contribution in [-0.4, -0.2) is 60.9 Å². The number of nitrogens with zero attached hydrogens (tertiary/aromatic N) is 3. The van der Waals surface area contributed by atoms with E-state index in [0.717, 1.165) is 35.7 Å². The number of H-pyrrole nitrogens is 1. The molecule has 8 heteroatoms. The molecule has 0 radical (unpaired) electrons. The van der Waals surface area contributed by atoms with E-state index in [2.05, 4.69) is 15.1 Å². The molecule has 1 fully saturated rings. The van der Waals surface area contributed by atoms with Crippen LogP contribution in [0.3, 0.4) is 0 Å². The zero-order chi connectivity index (χ0) is 20.5. The maximum absolute atomic E-state index is 12.7. The number of amides is 1. The van der Waals surface area contributed by atoms with Crippen LogP contribution in [0.1, 0.15) is 30.8 Å². The molecule has 1 aromatic heterocycles. The van der Waals surface area contributed by atoms with Crippen molar-refractivity contribution in [2.24, 2.45) is 0 Å². The number of aryl methyl sites for hydroxylation is 2. The lowest BCUT2D eigenvalue weighted by atomic mass is 10.1. The highest BCUT2D eigenvalue weighted by molar-refractivity contribution is 7.92. The molecule has 1 aliphatic heterocycles. The monoisotopic (exact) mass is 404 g/mol. The van der Waals surface area contributed by atoms with Gasteiger partial charge in [0.1, 0.15) is 0 Å². The first kappa shape index (κ1) is 20.4. The van der Waals surface area contributed by atoms with Gasteiger partial charge in [-0.1, -0.05) is 12.1 Å². The SMILES string of the molecule is Cc1n[nH]c(C)c1N1CCN(C(=O)Cc2ccc(S(=O)(=O)C(C)C)cc2)CC1. The molecular formula is C20H28N4O3S. The summed E-state index contributed by atoms with van der Waals surface area (Å²) in [6, 6.07) is 6.67. The minimum absolute atomic E-state index is 0.0692. The lowest BCUT2D eigenvalue weighted by molar-refractivity contribution is -0.130. The van der Waals surface area contributed by atoms with Gasteiger partial charge >= 0.3 is 0 Å².